The first kappa shape index (κ1) is 14.0. The van der Waals surface area contributed by atoms with Gasteiger partial charge < -0.3 is 5.32 Å². The average molecular weight is 296 g/mol. The molecular formula is C13H16N2O2S2. The summed E-state index contributed by atoms with van der Waals surface area (Å²) in [5.41, 5.74) is 3.42. The van der Waals surface area contributed by atoms with Crippen molar-refractivity contribution in [2.45, 2.75) is 25.3 Å². The number of thiazole rings is 1. The van der Waals surface area contributed by atoms with Gasteiger partial charge in [0.25, 0.3) is 0 Å². The van der Waals surface area contributed by atoms with Crippen molar-refractivity contribution < 1.29 is 8.42 Å². The molecule has 1 heterocycles. The summed E-state index contributed by atoms with van der Waals surface area (Å²) >= 11 is 1.56. The molecule has 2 rings (SSSR count). The van der Waals surface area contributed by atoms with Crippen molar-refractivity contribution in [2.24, 2.45) is 0 Å². The number of sulfone groups is 1. The van der Waals surface area contributed by atoms with Gasteiger partial charge in [-0.05, 0) is 19.1 Å². The van der Waals surface area contributed by atoms with Crippen molar-refractivity contribution in [3.05, 3.63) is 40.3 Å². The second-order valence-corrected chi connectivity index (χ2v) is 7.30. The van der Waals surface area contributed by atoms with E-state index in [9.17, 15) is 8.42 Å². The third kappa shape index (κ3) is 3.13. The van der Waals surface area contributed by atoms with Crippen molar-refractivity contribution in [1.82, 2.24) is 4.98 Å². The quantitative estimate of drug-likeness (QED) is 0.921. The summed E-state index contributed by atoms with van der Waals surface area (Å²) in [6.07, 6.45) is 0. The van der Waals surface area contributed by atoms with Gasteiger partial charge in [-0.2, -0.15) is 0 Å². The van der Waals surface area contributed by atoms with Gasteiger partial charge in [-0.1, -0.05) is 19.1 Å². The Morgan fingerprint density at radius 1 is 1.32 bits per heavy atom. The minimum atomic E-state index is -3.20. The maximum Gasteiger partial charge on any atom is 0.180 e. The molecule has 0 unspecified atom stereocenters. The van der Waals surface area contributed by atoms with E-state index < -0.39 is 9.84 Å². The maximum absolute atomic E-state index is 12.0. The first-order valence-electron chi connectivity index (χ1n) is 5.99. The van der Waals surface area contributed by atoms with E-state index in [0.29, 0.717) is 17.1 Å². The highest BCUT2D eigenvalue weighted by atomic mass is 32.2. The lowest BCUT2D eigenvalue weighted by molar-refractivity contribution is 0.597. The van der Waals surface area contributed by atoms with Crippen LogP contribution in [0.1, 0.15) is 17.5 Å². The Kier molecular flexibility index (Phi) is 4.21. The zero-order valence-electron chi connectivity index (χ0n) is 10.9. The summed E-state index contributed by atoms with van der Waals surface area (Å²) in [5.74, 6) is 0.102. The zero-order valence-corrected chi connectivity index (χ0v) is 12.5. The molecule has 2 aromatic rings. The lowest BCUT2D eigenvalue weighted by Crippen LogP contribution is -2.09. The summed E-state index contributed by atoms with van der Waals surface area (Å²) in [6.45, 7) is 4.19. The molecule has 0 atom stereocenters. The number of hydrogen-bond donors (Lipinski definition) is 1. The van der Waals surface area contributed by atoms with Crippen LogP contribution in [0.2, 0.25) is 0 Å². The van der Waals surface area contributed by atoms with E-state index in [1.54, 1.807) is 42.0 Å². The molecule has 4 nitrogen and oxygen atoms in total. The molecule has 0 bridgehead atoms. The standard InChI is InChI=1S/C13H16N2O2S2/c1-3-19(16,17)13-7-5-4-6-11(13)14-8-12-10(2)15-9-18-12/h4-7,9,14H,3,8H2,1-2H3. The van der Waals surface area contributed by atoms with E-state index in [1.807, 2.05) is 13.0 Å². The molecule has 1 N–H and O–H groups in total. The highest BCUT2D eigenvalue weighted by Crippen LogP contribution is 2.23. The first-order valence-corrected chi connectivity index (χ1v) is 8.52. The van der Waals surface area contributed by atoms with Gasteiger partial charge in [0.1, 0.15) is 0 Å². The molecule has 0 aliphatic rings. The van der Waals surface area contributed by atoms with E-state index in [2.05, 4.69) is 10.3 Å². The summed E-state index contributed by atoms with van der Waals surface area (Å²) < 4.78 is 24.0. The second kappa shape index (κ2) is 5.71. The summed E-state index contributed by atoms with van der Waals surface area (Å²) in [4.78, 5) is 5.65. The van der Waals surface area contributed by atoms with Crippen LogP contribution in [0.25, 0.3) is 0 Å². The number of aromatic nitrogens is 1. The molecular weight excluding hydrogens is 280 g/mol. The Hall–Kier alpha value is -1.40. The van der Waals surface area contributed by atoms with Crippen LogP contribution in [0.3, 0.4) is 0 Å². The maximum atomic E-state index is 12.0. The van der Waals surface area contributed by atoms with Crippen LogP contribution in [0.4, 0.5) is 5.69 Å². The molecule has 0 aliphatic heterocycles. The first-order chi connectivity index (χ1) is 9.04. The number of hydrogen-bond acceptors (Lipinski definition) is 5. The Balaban J connectivity index is 2.24. The summed E-state index contributed by atoms with van der Waals surface area (Å²) in [5, 5.41) is 3.19. The lowest BCUT2D eigenvalue weighted by atomic mass is 10.3. The number of nitrogens with one attached hydrogen (secondary N) is 1. The predicted molar refractivity (Wildman–Crippen MR) is 78.3 cm³/mol. The number of para-hydroxylation sites is 1. The molecule has 0 fully saturated rings. The van der Waals surface area contributed by atoms with Crippen molar-refractivity contribution >= 4 is 26.9 Å². The number of rotatable bonds is 5. The highest BCUT2D eigenvalue weighted by Gasteiger charge is 2.16. The van der Waals surface area contributed by atoms with Gasteiger partial charge in [0.05, 0.1) is 34.1 Å². The minimum absolute atomic E-state index is 0.102. The topological polar surface area (TPSA) is 59.1 Å². The number of anilines is 1. The van der Waals surface area contributed by atoms with Crippen molar-refractivity contribution in [3.63, 3.8) is 0 Å². The molecule has 102 valence electrons. The van der Waals surface area contributed by atoms with Crippen LogP contribution in [0.15, 0.2) is 34.7 Å². The molecule has 0 amide bonds. The van der Waals surface area contributed by atoms with Gasteiger partial charge in [0.15, 0.2) is 9.84 Å². The molecule has 19 heavy (non-hydrogen) atoms. The average Bonchev–Trinajstić information content (AvgIpc) is 2.82. The fraction of sp³-hybridized carbons (Fsp3) is 0.308. The molecule has 0 spiro atoms. The Morgan fingerprint density at radius 3 is 2.68 bits per heavy atom. The SMILES string of the molecule is CCS(=O)(=O)c1ccccc1NCc1scnc1C. The van der Waals surface area contributed by atoms with Crippen LogP contribution in [0.5, 0.6) is 0 Å². The van der Waals surface area contributed by atoms with Gasteiger partial charge in [0, 0.05) is 4.88 Å². The summed E-state index contributed by atoms with van der Waals surface area (Å²) in [6, 6.07) is 7.00. The van der Waals surface area contributed by atoms with E-state index >= 15 is 0 Å². The number of aryl methyl sites for hydroxylation is 1. The Labute approximate surface area is 117 Å². The van der Waals surface area contributed by atoms with Crippen molar-refractivity contribution in [2.75, 3.05) is 11.1 Å². The van der Waals surface area contributed by atoms with Crippen molar-refractivity contribution in [1.29, 1.82) is 0 Å². The van der Waals surface area contributed by atoms with E-state index in [0.717, 1.165) is 10.6 Å². The number of benzene rings is 1. The molecule has 1 aromatic heterocycles. The molecule has 0 aliphatic carbocycles. The fourth-order valence-corrected chi connectivity index (χ4v) is 3.50. The largest absolute Gasteiger partial charge is 0.379 e. The van der Waals surface area contributed by atoms with E-state index in [1.165, 1.54) is 0 Å². The van der Waals surface area contributed by atoms with Crippen LogP contribution in [0, 0.1) is 6.92 Å². The van der Waals surface area contributed by atoms with Gasteiger partial charge in [0.2, 0.25) is 0 Å². The van der Waals surface area contributed by atoms with E-state index in [-0.39, 0.29) is 5.75 Å². The highest BCUT2D eigenvalue weighted by molar-refractivity contribution is 7.91. The van der Waals surface area contributed by atoms with E-state index in [4.69, 9.17) is 0 Å². The molecule has 0 saturated heterocycles. The van der Waals surface area contributed by atoms with Crippen molar-refractivity contribution in [3.8, 4) is 0 Å². The number of nitrogens with zero attached hydrogens (tertiary/aromatic N) is 1. The van der Waals surface area contributed by atoms with Crippen LogP contribution in [-0.2, 0) is 16.4 Å². The molecule has 0 radical (unpaired) electrons. The van der Waals surface area contributed by atoms with Crippen LogP contribution < -0.4 is 5.32 Å². The Morgan fingerprint density at radius 2 is 2.05 bits per heavy atom. The third-order valence-corrected chi connectivity index (χ3v) is 5.61. The van der Waals surface area contributed by atoms with Gasteiger partial charge >= 0.3 is 0 Å². The fourth-order valence-electron chi connectivity index (χ4n) is 1.71. The predicted octanol–water partition coefficient (Wildman–Crippen LogP) is 2.86. The van der Waals surface area contributed by atoms with Crippen LogP contribution >= 0.6 is 11.3 Å². The minimum Gasteiger partial charge on any atom is -0.379 e. The summed E-state index contributed by atoms with van der Waals surface area (Å²) in [7, 11) is -3.20. The zero-order chi connectivity index (χ0) is 13.9. The monoisotopic (exact) mass is 296 g/mol. The molecule has 1 aromatic carbocycles. The molecule has 6 heteroatoms. The Bertz CT molecular complexity index is 663. The second-order valence-electron chi connectivity index (χ2n) is 4.11. The molecule has 0 saturated carbocycles. The van der Waals surface area contributed by atoms with Crippen LogP contribution in [-0.4, -0.2) is 19.2 Å². The lowest BCUT2D eigenvalue weighted by Gasteiger charge is -2.11. The van der Waals surface area contributed by atoms with Gasteiger partial charge in [-0.25, -0.2) is 13.4 Å². The smallest absolute Gasteiger partial charge is 0.180 e. The normalized spacial score (nSPS) is 11.5. The third-order valence-electron chi connectivity index (χ3n) is 2.89. The van der Waals surface area contributed by atoms with Gasteiger partial charge in [-0.15, -0.1) is 11.3 Å². The van der Waals surface area contributed by atoms with Gasteiger partial charge in [-0.3, -0.25) is 0 Å².